The van der Waals surface area contributed by atoms with Gasteiger partial charge in [0.05, 0.1) is 25.6 Å². The third-order valence-corrected chi connectivity index (χ3v) is 7.33. The minimum absolute atomic E-state index is 0.0263. The number of aromatic nitrogens is 1. The van der Waals surface area contributed by atoms with Crippen molar-refractivity contribution in [3.05, 3.63) is 52.4 Å². The zero-order valence-electron chi connectivity index (χ0n) is 21.5. The number of benzene rings is 1. The van der Waals surface area contributed by atoms with Crippen LogP contribution in [0.4, 0.5) is 11.4 Å². The maximum atomic E-state index is 14.2. The summed E-state index contributed by atoms with van der Waals surface area (Å²) in [6.45, 7) is 1.75. The number of nitrogens with one attached hydrogen (secondary N) is 1. The number of nitrogens with zero attached hydrogens (tertiary/aromatic N) is 2. The highest BCUT2D eigenvalue weighted by Gasteiger charge is 2.39. The van der Waals surface area contributed by atoms with E-state index in [2.05, 4.69) is 9.69 Å². The van der Waals surface area contributed by atoms with E-state index >= 15 is 0 Å². The molecular weight excluding hydrogens is 510 g/mol. The molecule has 1 fully saturated rings. The van der Waals surface area contributed by atoms with Crippen LogP contribution in [0.3, 0.4) is 0 Å². The highest BCUT2D eigenvalue weighted by Crippen LogP contribution is 2.37. The number of methoxy groups -OCH3 is 2. The van der Waals surface area contributed by atoms with Gasteiger partial charge in [0.25, 0.3) is 17.7 Å². The lowest BCUT2D eigenvalue weighted by atomic mass is 9.95. The third kappa shape index (κ3) is 5.59. The van der Waals surface area contributed by atoms with Crippen molar-refractivity contribution in [3.8, 4) is 11.5 Å². The highest BCUT2D eigenvalue weighted by atomic mass is 32.1. The van der Waals surface area contributed by atoms with Crippen LogP contribution >= 0.6 is 11.5 Å². The number of aryl methyl sites for hydroxylation is 1. The number of furan rings is 1. The van der Waals surface area contributed by atoms with Crippen molar-refractivity contribution in [2.75, 3.05) is 24.9 Å². The first-order valence-electron chi connectivity index (χ1n) is 12.2. The lowest BCUT2D eigenvalue weighted by Gasteiger charge is -2.32. The lowest BCUT2D eigenvalue weighted by Crippen LogP contribution is -2.47. The summed E-state index contributed by atoms with van der Waals surface area (Å²) in [5, 5.41) is 3.11. The van der Waals surface area contributed by atoms with Crippen molar-refractivity contribution in [3.63, 3.8) is 0 Å². The Bertz CT molecular complexity index is 1310. The van der Waals surface area contributed by atoms with E-state index in [0.29, 0.717) is 17.3 Å². The molecule has 0 radical (unpaired) electrons. The lowest BCUT2D eigenvalue weighted by molar-refractivity contribution is -0.123. The van der Waals surface area contributed by atoms with Crippen LogP contribution in [0.15, 0.2) is 34.7 Å². The zero-order chi connectivity index (χ0) is 27.4. The minimum Gasteiger partial charge on any atom is -0.497 e. The average Bonchev–Trinajstić information content (AvgIpc) is 3.52. The Balaban J connectivity index is 1.88. The molecule has 5 N–H and O–H groups in total. The van der Waals surface area contributed by atoms with Crippen molar-refractivity contribution in [1.82, 2.24) is 9.69 Å². The molecule has 38 heavy (non-hydrogen) atoms. The highest BCUT2D eigenvalue weighted by molar-refractivity contribution is 7.09. The van der Waals surface area contributed by atoms with Gasteiger partial charge in [-0.05, 0) is 43.4 Å². The molecule has 0 aliphatic heterocycles. The number of carbonyl (C=O) groups is 3. The second kappa shape index (κ2) is 11.5. The molecule has 0 bridgehead atoms. The molecule has 3 aromatic rings. The predicted molar refractivity (Wildman–Crippen MR) is 143 cm³/mol. The Morgan fingerprint density at radius 2 is 1.76 bits per heavy atom. The number of ether oxygens (including phenoxy) is 2. The number of primary amides is 1. The number of hydrogen-bond donors (Lipinski definition) is 3. The summed E-state index contributed by atoms with van der Waals surface area (Å²) in [4.78, 5) is 41.1. The van der Waals surface area contributed by atoms with Gasteiger partial charge in [0.15, 0.2) is 11.7 Å². The predicted octanol–water partition coefficient (Wildman–Crippen LogP) is 3.58. The number of nitrogens with two attached hydrogens (primary N) is 2. The number of anilines is 2. The maximum Gasteiger partial charge on any atom is 0.273 e. The van der Waals surface area contributed by atoms with Crippen LogP contribution in [0.5, 0.6) is 11.5 Å². The van der Waals surface area contributed by atoms with E-state index in [1.807, 2.05) is 0 Å². The van der Waals surface area contributed by atoms with Crippen LogP contribution in [0.2, 0.25) is 0 Å². The van der Waals surface area contributed by atoms with Gasteiger partial charge in [0.2, 0.25) is 0 Å². The van der Waals surface area contributed by atoms with E-state index in [9.17, 15) is 14.4 Å². The largest absolute Gasteiger partial charge is 0.497 e. The van der Waals surface area contributed by atoms with Crippen LogP contribution in [-0.2, 0) is 4.79 Å². The number of hydrogen-bond acceptors (Lipinski definition) is 9. The quantitative estimate of drug-likeness (QED) is 0.370. The van der Waals surface area contributed by atoms with Crippen molar-refractivity contribution in [1.29, 1.82) is 0 Å². The van der Waals surface area contributed by atoms with Gasteiger partial charge in [-0.15, -0.1) is 0 Å². The van der Waals surface area contributed by atoms with E-state index in [4.69, 9.17) is 25.4 Å². The molecule has 1 aliphatic carbocycles. The topological polar surface area (TPSA) is 163 Å². The fraction of sp³-hybridized carbons (Fsp3) is 0.385. The van der Waals surface area contributed by atoms with E-state index in [0.717, 1.165) is 43.6 Å². The molecule has 4 rings (SSSR count). The number of rotatable bonds is 9. The summed E-state index contributed by atoms with van der Waals surface area (Å²) in [5.41, 5.74) is 11.4. The van der Waals surface area contributed by atoms with Gasteiger partial charge < -0.3 is 30.7 Å². The normalized spacial score (nSPS) is 14.5. The summed E-state index contributed by atoms with van der Waals surface area (Å²) < 4.78 is 20.7. The van der Waals surface area contributed by atoms with E-state index < -0.39 is 23.8 Å². The SMILES string of the molecule is COc1cc(OC)cc(N(C(=O)c2snc(C(N)=O)c2N)C(C(=O)NC2CCCCC2)c2ccc(C)o2)c1. The van der Waals surface area contributed by atoms with Gasteiger partial charge in [0.1, 0.15) is 27.9 Å². The van der Waals surface area contributed by atoms with Crippen LogP contribution in [0, 0.1) is 6.92 Å². The molecule has 1 unspecified atom stereocenters. The van der Waals surface area contributed by atoms with E-state index in [1.54, 1.807) is 37.3 Å². The van der Waals surface area contributed by atoms with Gasteiger partial charge in [-0.3, -0.25) is 19.3 Å². The summed E-state index contributed by atoms with van der Waals surface area (Å²) in [6.07, 6.45) is 4.84. The van der Waals surface area contributed by atoms with Crippen molar-refractivity contribution >= 4 is 40.6 Å². The Hall–Kier alpha value is -4.06. The molecule has 1 saturated carbocycles. The maximum absolute atomic E-state index is 14.2. The first-order chi connectivity index (χ1) is 18.2. The average molecular weight is 542 g/mol. The first kappa shape index (κ1) is 27.0. The second-order valence-corrected chi connectivity index (χ2v) is 9.85. The summed E-state index contributed by atoms with van der Waals surface area (Å²) in [5.74, 6) is -0.326. The molecule has 1 aromatic carbocycles. The van der Waals surface area contributed by atoms with Crippen LogP contribution in [-0.4, -0.2) is 42.4 Å². The summed E-state index contributed by atoms with van der Waals surface area (Å²) >= 11 is 0.729. The van der Waals surface area contributed by atoms with Gasteiger partial charge in [-0.25, -0.2) is 0 Å². The van der Waals surface area contributed by atoms with Crippen LogP contribution < -0.4 is 31.2 Å². The molecular formula is C26H31N5O6S. The number of carbonyl (C=O) groups excluding carboxylic acids is 3. The molecule has 2 heterocycles. The molecule has 2 aromatic heterocycles. The standard InChI is InChI=1S/C26H31N5O6S/c1-14-9-10-19(37-14)22(25(33)29-15-7-5-4-6-8-15)31(16-11-17(35-2)13-18(12-16)36-3)26(34)23-20(27)21(24(28)32)30-38-23/h9-13,15,22H,4-8,27H2,1-3H3,(H2,28,32)(H,29,33). The molecule has 1 atom stereocenters. The zero-order valence-corrected chi connectivity index (χ0v) is 22.3. The van der Waals surface area contributed by atoms with Gasteiger partial charge >= 0.3 is 0 Å². The molecule has 12 heteroatoms. The Labute approximate surface area is 224 Å². The monoisotopic (exact) mass is 541 g/mol. The van der Waals surface area contributed by atoms with Crippen molar-refractivity contribution < 1.29 is 28.3 Å². The molecule has 0 saturated heterocycles. The van der Waals surface area contributed by atoms with E-state index in [-0.39, 0.29) is 33.7 Å². The Kier molecular flexibility index (Phi) is 8.20. The smallest absolute Gasteiger partial charge is 0.273 e. The minimum atomic E-state index is -1.21. The Morgan fingerprint density at radius 3 is 2.29 bits per heavy atom. The third-order valence-electron chi connectivity index (χ3n) is 6.48. The molecule has 11 nitrogen and oxygen atoms in total. The summed E-state index contributed by atoms with van der Waals surface area (Å²) in [6, 6.07) is 6.98. The van der Waals surface area contributed by atoms with Gasteiger partial charge in [-0.1, -0.05) is 19.3 Å². The van der Waals surface area contributed by atoms with Gasteiger partial charge in [0, 0.05) is 24.2 Å². The van der Waals surface area contributed by atoms with E-state index in [1.165, 1.54) is 19.1 Å². The number of nitrogen functional groups attached to an aromatic ring is 1. The number of amides is 3. The van der Waals surface area contributed by atoms with Crippen molar-refractivity contribution in [2.45, 2.75) is 51.1 Å². The Morgan fingerprint density at radius 1 is 1.11 bits per heavy atom. The molecule has 202 valence electrons. The second-order valence-electron chi connectivity index (χ2n) is 9.08. The molecule has 0 spiro atoms. The summed E-state index contributed by atoms with van der Waals surface area (Å²) in [7, 11) is 2.96. The molecule has 3 amide bonds. The molecule has 1 aliphatic rings. The first-order valence-corrected chi connectivity index (χ1v) is 13.0. The van der Waals surface area contributed by atoms with Gasteiger partial charge in [-0.2, -0.15) is 4.37 Å². The van der Waals surface area contributed by atoms with Crippen LogP contribution in [0.1, 0.15) is 69.8 Å². The van der Waals surface area contributed by atoms with Crippen LogP contribution in [0.25, 0.3) is 0 Å². The fourth-order valence-corrected chi connectivity index (χ4v) is 5.30. The van der Waals surface area contributed by atoms with Crippen molar-refractivity contribution in [2.24, 2.45) is 5.73 Å². The fourth-order valence-electron chi connectivity index (χ4n) is 4.55.